The maximum atomic E-state index is 6.07. The Bertz CT molecular complexity index is 476. The predicted molar refractivity (Wildman–Crippen MR) is 97.4 cm³/mol. The van der Waals surface area contributed by atoms with E-state index in [2.05, 4.69) is 57.7 Å². The first-order chi connectivity index (χ1) is 10.4. The van der Waals surface area contributed by atoms with Crippen molar-refractivity contribution in [3.05, 3.63) is 43.0 Å². The van der Waals surface area contributed by atoms with Gasteiger partial charge in [-0.25, -0.2) is 0 Å². The van der Waals surface area contributed by atoms with Crippen LogP contribution in [0.15, 0.2) is 47.9 Å². The summed E-state index contributed by atoms with van der Waals surface area (Å²) in [6.45, 7) is 11.1. The van der Waals surface area contributed by atoms with Crippen LogP contribution in [0.25, 0.3) is 0 Å². The van der Waals surface area contributed by atoms with E-state index in [9.17, 15) is 0 Å². The van der Waals surface area contributed by atoms with Gasteiger partial charge in [0.05, 0.1) is 5.60 Å². The quantitative estimate of drug-likeness (QED) is 0.620. The molecule has 2 rings (SSSR count). The smallest absolute Gasteiger partial charge is 0.0834 e. The Kier molecular flexibility index (Phi) is 5.79. The molecule has 122 valence electrons. The first kappa shape index (κ1) is 17.6. The standard InChI is InChI=1S/C20H30OS/c1-6-13-20(21-5)14-12-16(19(2,3)4)15-18(20)22-17-10-8-7-9-11-17/h6-11,16,18H,1,12-15H2,2-5H3/t16-,18+,20-/m1/s1. The molecule has 2 heteroatoms. The number of thioether (sulfide) groups is 1. The molecule has 0 spiro atoms. The Labute approximate surface area is 140 Å². The van der Waals surface area contributed by atoms with Crippen LogP contribution >= 0.6 is 11.8 Å². The van der Waals surface area contributed by atoms with Gasteiger partial charge in [0.2, 0.25) is 0 Å². The van der Waals surface area contributed by atoms with Crippen molar-refractivity contribution in [3.8, 4) is 0 Å². The summed E-state index contributed by atoms with van der Waals surface area (Å²) in [6, 6.07) is 10.7. The Balaban J connectivity index is 2.24. The van der Waals surface area contributed by atoms with E-state index < -0.39 is 0 Å². The molecule has 1 aliphatic carbocycles. The van der Waals surface area contributed by atoms with Gasteiger partial charge in [0, 0.05) is 17.3 Å². The van der Waals surface area contributed by atoms with Gasteiger partial charge in [-0.05, 0) is 49.1 Å². The van der Waals surface area contributed by atoms with Crippen LogP contribution in [-0.4, -0.2) is 18.0 Å². The molecule has 1 aliphatic rings. The third kappa shape index (κ3) is 3.97. The normalized spacial score (nSPS) is 29.3. The highest BCUT2D eigenvalue weighted by Crippen LogP contribution is 2.50. The van der Waals surface area contributed by atoms with E-state index in [1.165, 1.54) is 17.7 Å². The zero-order valence-corrected chi connectivity index (χ0v) is 15.3. The maximum Gasteiger partial charge on any atom is 0.0834 e. The lowest BCUT2D eigenvalue weighted by Gasteiger charge is -2.48. The maximum absolute atomic E-state index is 6.07. The lowest BCUT2D eigenvalue weighted by atomic mass is 9.67. The van der Waals surface area contributed by atoms with Crippen molar-refractivity contribution in [3.63, 3.8) is 0 Å². The van der Waals surface area contributed by atoms with Crippen molar-refractivity contribution in [2.24, 2.45) is 11.3 Å². The van der Waals surface area contributed by atoms with Crippen molar-refractivity contribution in [2.75, 3.05) is 7.11 Å². The molecule has 1 aromatic rings. The van der Waals surface area contributed by atoms with E-state index in [-0.39, 0.29) is 5.60 Å². The molecule has 0 aromatic heterocycles. The van der Waals surface area contributed by atoms with Crippen molar-refractivity contribution < 1.29 is 4.74 Å². The van der Waals surface area contributed by atoms with Crippen molar-refractivity contribution in [1.82, 2.24) is 0 Å². The molecule has 0 aliphatic heterocycles. The third-order valence-electron chi connectivity index (χ3n) is 5.14. The highest BCUT2D eigenvalue weighted by atomic mass is 32.2. The molecule has 1 aromatic carbocycles. The number of hydrogen-bond donors (Lipinski definition) is 0. The van der Waals surface area contributed by atoms with E-state index in [0.717, 1.165) is 18.8 Å². The second-order valence-corrected chi connectivity index (χ2v) is 8.79. The molecule has 1 saturated carbocycles. The number of rotatable bonds is 5. The molecule has 0 bridgehead atoms. The topological polar surface area (TPSA) is 9.23 Å². The predicted octanol–water partition coefficient (Wildman–Crippen LogP) is 5.95. The fourth-order valence-electron chi connectivity index (χ4n) is 3.57. The molecule has 22 heavy (non-hydrogen) atoms. The molecule has 0 amide bonds. The van der Waals surface area contributed by atoms with Gasteiger partial charge < -0.3 is 4.74 Å². The zero-order chi connectivity index (χ0) is 16.2. The molecule has 0 heterocycles. The Hall–Kier alpha value is -0.730. The van der Waals surface area contributed by atoms with E-state index >= 15 is 0 Å². The van der Waals surface area contributed by atoms with E-state index in [1.54, 1.807) is 0 Å². The average Bonchev–Trinajstić information content (AvgIpc) is 2.49. The fourth-order valence-corrected chi connectivity index (χ4v) is 5.07. The zero-order valence-electron chi connectivity index (χ0n) is 14.5. The molecular formula is C20H30OS. The molecule has 1 nitrogen and oxygen atoms in total. The van der Waals surface area contributed by atoms with Gasteiger partial charge in [-0.3, -0.25) is 0 Å². The van der Waals surface area contributed by atoms with Crippen LogP contribution in [0.5, 0.6) is 0 Å². The molecular weight excluding hydrogens is 288 g/mol. The highest BCUT2D eigenvalue weighted by Gasteiger charge is 2.45. The molecule has 3 atom stereocenters. The van der Waals surface area contributed by atoms with Crippen LogP contribution in [0.4, 0.5) is 0 Å². The fraction of sp³-hybridized carbons (Fsp3) is 0.600. The summed E-state index contributed by atoms with van der Waals surface area (Å²) in [4.78, 5) is 1.34. The van der Waals surface area contributed by atoms with Crippen LogP contribution in [-0.2, 0) is 4.74 Å². The molecule has 0 N–H and O–H groups in total. The minimum atomic E-state index is -0.0655. The Morgan fingerprint density at radius 2 is 2.00 bits per heavy atom. The minimum Gasteiger partial charge on any atom is -0.377 e. The number of benzene rings is 1. The van der Waals surface area contributed by atoms with E-state index in [1.807, 2.05) is 24.9 Å². The van der Waals surface area contributed by atoms with Gasteiger partial charge in [-0.15, -0.1) is 18.3 Å². The molecule has 0 unspecified atom stereocenters. The largest absolute Gasteiger partial charge is 0.377 e. The van der Waals surface area contributed by atoms with Crippen molar-refractivity contribution >= 4 is 11.8 Å². The Morgan fingerprint density at radius 3 is 2.55 bits per heavy atom. The summed E-state index contributed by atoms with van der Waals surface area (Å²) >= 11 is 1.98. The first-order valence-corrected chi connectivity index (χ1v) is 9.17. The Morgan fingerprint density at radius 1 is 1.32 bits per heavy atom. The average molecular weight is 319 g/mol. The van der Waals surface area contributed by atoms with Crippen LogP contribution in [0.2, 0.25) is 0 Å². The highest BCUT2D eigenvalue weighted by molar-refractivity contribution is 8.00. The summed E-state index contributed by atoms with van der Waals surface area (Å²) in [5, 5.41) is 0.482. The van der Waals surface area contributed by atoms with Crippen molar-refractivity contribution in [2.45, 2.75) is 62.2 Å². The summed E-state index contributed by atoms with van der Waals surface area (Å²) in [5.74, 6) is 0.752. The lowest BCUT2D eigenvalue weighted by Crippen LogP contribution is -2.48. The minimum absolute atomic E-state index is 0.0655. The van der Waals surface area contributed by atoms with Gasteiger partial charge in [-0.2, -0.15) is 0 Å². The van der Waals surface area contributed by atoms with Gasteiger partial charge in [0.15, 0.2) is 0 Å². The third-order valence-corrected chi connectivity index (χ3v) is 6.59. The van der Waals surface area contributed by atoms with Crippen LogP contribution in [0.1, 0.15) is 46.5 Å². The van der Waals surface area contributed by atoms with E-state index in [0.29, 0.717) is 10.7 Å². The number of ether oxygens (including phenoxy) is 1. The molecule has 0 radical (unpaired) electrons. The summed E-state index contributed by atoms with van der Waals surface area (Å²) in [5.41, 5.74) is 0.299. The lowest BCUT2D eigenvalue weighted by molar-refractivity contribution is -0.0515. The van der Waals surface area contributed by atoms with Crippen LogP contribution in [0, 0.1) is 11.3 Å². The van der Waals surface area contributed by atoms with Crippen LogP contribution < -0.4 is 0 Å². The summed E-state index contributed by atoms with van der Waals surface area (Å²) in [7, 11) is 1.87. The monoisotopic (exact) mass is 318 g/mol. The van der Waals surface area contributed by atoms with Gasteiger partial charge >= 0.3 is 0 Å². The number of methoxy groups -OCH3 is 1. The van der Waals surface area contributed by atoms with Crippen molar-refractivity contribution in [1.29, 1.82) is 0 Å². The number of hydrogen-bond acceptors (Lipinski definition) is 2. The first-order valence-electron chi connectivity index (χ1n) is 8.29. The molecule has 1 fully saturated rings. The van der Waals surface area contributed by atoms with Gasteiger partial charge in [0.1, 0.15) is 0 Å². The van der Waals surface area contributed by atoms with Gasteiger partial charge in [0.25, 0.3) is 0 Å². The summed E-state index contributed by atoms with van der Waals surface area (Å²) < 4.78 is 6.07. The molecule has 0 saturated heterocycles. The second kappa shape index (κ2) is 7.23. The SMILES string of the molecule is C=CC[C@@]1(OC)CC[C@@H](C(C)(C)C)C[C@@H]1Sc1ccccc1. The van der Waals surface area contributed by atoms with Crippen LogP contribution in [0.3, 0.4) is 0 Å². The second-order valence-electron chi connectivity index (χ2n) is 7.52. The van der Waals surface area contributed by atoms with Gasteiger partial charge in [-0.1, -0.05) is 45.0 Å². The summed E-state index contributed by atoms with van der Waals surface area (Å²) in [6.07, 6.45) is 6.55. The van der Waals surface area contributed by atoms with E-state index in [4.69, 9.17) is 4.74 Å².